The van der Waals surface area contributed by atoms with Crippen LogP contribution in [-0.2, 0) is 0 Å². The molecule has 4 nitrogen and oxygen atoms in total. The Labute approximate surface area is 301 Å². The number of nitriles is 1. The first kappa shape index (κ1) is 29.5. The lowest BCUT2D eigenvalue weighted by Crippen LogP contribution is -1.94. The number of benzene rings is 7. The Balaban J connectivity index is 1.19. The average Bonchev–Trinajstić information content (AvgIpc) is 3.92. The molecule has 3 aromatic heterocycles. The van der Waals surface area contributed by atoms with Crippen LogP contribution >= 0.6 is 22.7 Å². The Morgan fingerprint density at radius 2 is 0.980 bits per heavy atom. The highest BCUT2D eigenvalue weighted by Gasteiger charge is 2.18. The molecule has 0 unspecified atom stereocenters. The minimum absolute atomic E-state index is 0.629. The van der Waals surface area contributed by atoms with E-state index in [-0.39, 0.29) is 0 Å². The number of rotatable bonds is 5. The van der Waals surface area contributed by atoms with E-state index in [9.17, 15) is 5.26 Å². The van der Waals surface area contributed by atoms with Gasteiger partial charge in [-0.2, -0.15) is 5.26 Å². The van der Waals surface area contributed by atoms with E-state index >= 15 is 0 Å². The quantitative estimate of drug-likeness (QED) is 0.181. The first-order valence-electron chi connectivity index (χ1n) is 16.7. The van der Waals surface area contributed by atoms with Crippen molar-refractivity contribution in [2.45, 2.75) is 0 Å². The molecule has 0 radical (unpaired) electrons. The molecule has 10 aromatic rings. The van der Waals surface area contributed by atoms with E-state index in [0.29, 0.717) is 5.56 Å². The summed E-state index contributed by atoms with van der Waals surface area (Å²) in [5.41, 5.74) is 12.5. The number of aromatic nitrogens is 3. The van der Waals surface area contributed by atoms with Crippen molar-refractivity contribution in [1.82, 2.24) is 14.5 Å². The standard InChI is InChI=1S/C45H26N4S2/c46-27-28-10-7-15-33(24-28)49-38-22-20-31(34-16-8-18-40-42(34)47-44(50-40)29-11-3-1-4-12-29)25-36(38)37-26-32(21-23-39(37)49)35-17-9-19-41-43(35)48-45(51-41)30-13-5-2-6-14-30/h1-26H. The van der Waals surface area contributed by atoms with Gasteiger partial charge in [0.15, 0.2) is 0 Å². The largest absolute Gasteiger partial charge is 0.309 e. The average molecular weight is 687 g/mol. The monoisotopic (exact) mass is 686 g/mol. The van der Waals surface area contributed by atoms with Gasteiger partial charge in [-0.3, -0.25) is 0 Å². The molecule has 0 spiro atoms. The van der Waals surface area contributed by atoms with Crippen LogP contribution in [0.2, 0.25) is 0 Å². The number of hydrogen-bond acceptors (Lipinski definition) is 5. The fraction of sp³-hybridized carbons (Fsp3) is 0. The highest BCUT2D eigenvalue weighted by atomic mass is 32.1. The molecular formula is C45H26N4S2. The lowest BCUT2D eigenvalue weighted by Gasteiger charge is -2.09. The predicted molar refractivity (Wildman–Crippen MR) is 214 cm³/mol. The summed E-state index contributed by atoms with van der Waals surface area (Å²) in [5, 5.41) is 14.1. The molecule has 0 atom stereocenters. The van der Waals surface area contributed by atoms with Gasteiger partial charge in [0.25, 0.3) is 0 Å². The molecule has 0 saturated carbocycles. The molecular weight excluding hydrogens is 661 g/mol. The lowest BCUT2D eigenvalue weighted by atomic mass is 9.99. The molecule has 0 fully saturated rings. The van der Waals surface area contributed by atoms with Crippen molar-refractivity contribution in [3.63, 3.8) is 0 Å². The maximum atomic E-state index is 9.76. The third-order valence-corrected chi connectivity index (χ3v) is 11.6. The van der Waals surface area contributed by atoms with Crippen LogP contribution in [0.3, 0.4) is 0 Å². The van der Waals surface area contributed by atoms with E-state index in [1.807, 2.05) is 30.3 Å². The SMILES string of the molecule is N#Cc1cccc(-n2c3ccc(-c4cccc5sc(-c6ccccc6)nc45)cc3c3cc(-c4cccc5sc(-c6ccccc6)nc45)ccc32)c1. The minimum Gasteiger partial charge on any atom is -0.309 e. The van der Waals surface area contributed by atoms with Gasteiger partial charge in [-0.05, 0) is 65.7 Å². The Morgan fingerprint density at radius 3 is 1.49 bits per heavy atom. The summed E-state index contributed by atoms with van der Waals surface area (Å²) in [6, 6.07) is 57.3. The van der Waals surface area contributed by atoms with Crippen LogP contribution in [0.1, 0.15) is 5.56 Å². The number of thiazole rings is 2. The normalized spacial score (nSPS) is 11.5. The van der Waals surface area contributed by atoms with Gasteiger partial charge in [-0.1, -0.05) is 103 Å². The highest BCUT2D eigenvalue weighted by Crippen LogP contribution is 2.42. The van der Waals surface area contributed by atoms with Gasteiger partial charge in [0.05, 0.1) is 43.1 Å². The van der Waals surface area contributed by atoms with Gasteiger partial charge in [0, 0.05) is 38.7 Å². The van der Waals surface area contributed by atoms with Crippen molar-refractivity contribution in [1.29, 1.82) is 5.26 Å². The van der Waals surface area contributed by atoms with E-state index < -0.39 is 0 Å². The summed E-state index contributed by atoms with van der Waals surface area (Å²) in [6.45, 7) is 0. The molecule has 238 valence electrons. The predicted octanol–water partition coefficient (Wildman–Crippen LogP) is 12.5. The van der Waals surface area contributed by atoms with Crippen LogP contribution in [0.15, 0.2) is 158 Å². The molecule has 7 aromatic carbocycles. The second-order valence-corrected chi connectivity index (χ2v) is 14.6. The van der Waals surface area contributed by atoms with E-state index in [1.54, 1.807) is 22.7 Å². The topological polar surface area (TPSA) is 54.5 Å². The van der Waals surface area contributed by atoms with Crippen LogP contribution < -0.4 is 0 Å². The zero-order chi connectivity index (χ0) is 33.9. The van der Waals surface area contributed by atoms with Crippen LogP contribution in [-0.4, -0.2) is 14.5 Å². The van der Waals surface area contributed by atoms with E-state index in [4.69, 9.17) is 9.97 Å². The van der Waals surface area contributed by atoms with Crippen molar-refractivity contribution in [2.75, 3.05) is 0 Å². The fourth-order valence-corrected chi connectivity index (χ4v) is 9.12. The summed E-state index contributed by atoms with van der Waals surface area (Å²) >= 11 is 3.45. The molecule has 0 N–H and O–H groups in total. The van der Waals surface area contributed by atoms with Gasteiger partial charge in [0.2, 0.25) is 0 Å². The third-order valence-electron chi connectivity index (χ3n) is 9.50. The maximum absolute atomic E-state index is 9.76. The first-order chi connectivity index (χ1) is 25.2. The lowest BCUT2D eigenvalue weighted by molar-refractivity contribution is 1.18. The summed E-state index contributed by atoms with van der Waals surface area (Å²) in [7, 11) is 0. The van der Waals surface area contributed by atoms with Crippen LogP contribution in [0.4, 0.5) is 0 Å². The molecule has 0 aliphatic rings. The second-order valence-electron chi connectivity index (χ2n) is 12.5. The van der Waals surface area contributed by atoms with Crippen LogP contribution in [0.25, 0.3) is 91.3 Å². The summed E-state index contributed by atoms with van der Waals surface area (Å²) in [6.07, 6.45) is 0. The van der Waals surface area contributed by atoms with Crippen molar-refractivity contribution >= 4 is 64.9 Å². The van der Waals surface area contributed by atoms with Gasteiger partial charge >= 0.3 is 0 Å². The van der Waals surface area contributed by atoms with E-state index in [0.717, 1.165) is 91.3 Å². The maximum Gasteiger partial charge on any atom is 0.124 e. The number of para-hydroxylation sites is 2. The third kappa shape index (κ3) is 4.94. The van der Waals surface area contributed by atoms with E-state index in [2.05, 4.69) is 138 Å². The number of nitrogens with zero attached hydrogens (tertiary/aromatic N) is 4. The number of fused-ring (bicyclic) bond motifs is 5. The Hall–Kier alpha value is -6.39. The fourth-order valence-electron chi connectivity index (χ4n) is 7.12. The van der Waals surface area contributed by atoms with Crippen LogP contribution in [0, 0.1) is 11.3 Å². The van der Waals surface area contributed by atoms with Crippen molar-refractivity contribution in [3.05, 3.63) is 163 Å². The summed E-state index contributed by atoms with van der Waals surface area (Å²) in [4.78, 5) is 10.3. The zero-order valence-electron chi connectivity index (χ0n) is 27.1. The number of hydrogen-bond donors (Lipinski definition) is 0. The van der Waals surface area contributed by atoms with Gasteiger partial charge < -0.3 is 4.57 Å². The molecule has 6 heteroatoms. The Kier molecular flexibility index (Phi) is 6.88. The highest BCUT2D eigenvalue weighted by molar-refractivity contribution is 7.22. The zero-order valence-corrected chi connectivity index (χ0v) is 28.7. The minimum atomic E-state index is 0.629. The van der Waals surface area contributed by atoms with Crippen molar-refractivity contribution < 1.29 is 0 Å². The first-order valence-corrected chi connectivity index (χ1v) is 18.3. The summed E-state index contributed by atoms with van der Waals surface area (Å²) in [5.74, 6) is 0. The molecule has 0 amide bonds. The van der Waals surface area contributed by atoms with Crippen molar-refractivity contribution in [2.24, 2.45) is 0 Å². The van der Waals surface area contributed by atoms with Crippen molar-refractivity contribution in [3.8, 4) is 55.2 Å². The molecule has 0 saturated heterocycles. The second kappa shape index (κ2) is 11.9. The van der Waals surface area contributed by atoms with Gasteiger partial charge in [0.1, 0.15) is 10.0 Å². The van der Waals surface area contributed by atoms with Gasteiger partial charge in [-0.15, -0.1) is 22.7 Å². The van der Waals surface area contributed by atoms with Crippen LogP contribution in [0.5, 0.6) is 0 Å². The molecule has 0 aliphatic carbocycles. The van der Waals surface area contributed by atoms with Gasteiger partial charge in [-0.25, -0.2) is 9.97 Å². The molecule has 0 aliphatic heterocycles. The molecule has 10 rings (SSSR count). The Bertz CT molecular complexity index is 2810. The molecule has 51 heavy (non-hydrogen) atoms. The Morgan fingerprint density at radius 1 is 0.471 bits per heavy atom. The molecule has 0 bridgehead atoms. The smallest absolute Gasteiger partial charge is 0.124 e. The van der Waals surface area contributed by atoms with E-state index in [1.165, 1.54) is 0 Å². The molecule has 3 heterocycles. The summed E-state index contributed by atoms with van der Waals surface area (Å²) < 4.78 is 4.60.